The van der Waals surface area contributed by atoms with Gasteiger partial charge in [-0.25, -0.2) is 0 Å². The molecule has 5 nitrogen and oxygen atoms in total. The van der Waals surface area contributed by atoms with Crippen molar-refractivity contribution in [3.8, 4) is 0 Å². The molecule has 0 radical (unpaired) electrons. The molecule has 1 unspecified atom stereocenters. The number of nitrogens with two attached hydrogens (primary N) is 1. The van der Waals surface area contributed by atoms with Crippen molar-refractivity contribution < 1.29 is 10.3 Å². The minimum Gasteiger partial charge on any atom is -0.409 e. The zero-order valence-electron chi connectivity index (χ0n) is 10.5. The Hall–Kier alpha value is -1.75. The predicted octanol–water partition coefficient (Wildman–Crippen LogP) is 1.05. The number of anilines is 1. The number of hydrogen-bond donors (Lipinski definition) is 3. The van der Waals surface area contributed by atoms with Crippen molar-refractivity contribution in [3.05, 3.63) is 29.3 Å². The van der Waals surface area contributed by atoms with Gasteiger partial charge in [0.25, 0.3) is 0 Å². The van der Waals surface area contributed by atoms with E-state index in [-0.39, 0.29) is 11.9 Å². The average Bonchev–Trinajstić information content (AvgIpc) is 2.38. The number of aliphatic hydroxyl groups is 1. The molecule has 1 heterocycles. The van der Waals surface area contributed by atoms with Crippen molar-refractivity contribution in [3.63, 3.8) is 0 Å². The molecule has 1 aliphatic heterocycles. The summed E-state index contributed by atoms with van der Waals surface area (Å²) < 4.78 is 0. The topological polar surface area (TPSA) is 82.1 Å². The first-order valence-electron chi connectivity index (χ1n) is 6.13. The number of benzene rings is 1. The molecule has 2 rings (SSSR count). The van der Waals surface area contributed by atoms with E-state index in [4.69, 9.17) is 10.9 Å². The van der Waals surface area contributed by atoms with Gasteiger partial charge < -0.3 is 20.9 Å². The highest BCUT2D eigenvalue weighted by atomic mass is 16.4. The summed E-state index contributed by atoms with van der Waals surface area (Å²) in [5.74, 6) is 0.102. The average molecular weight is 249 g/mol. The van der Waals surface area contributed by atoms with Gasteiger partial charge >= 0.3 is 0 Å². The second-order valence-corrected chi connectivity index (χ2v) is 4.75. The smallest absolute Gasteiger partial charge is 0.172 e. The SMILES string of the molecule is Cc1ccc(C(N)=NO)c(N2CCCC(O)C2)c1. The van der Waals surface area contributed by atoms with Gasteiger partial charge in [-0.15, -0.1) is 0 Å². The lowest BCUT2D eigenvalue weighted by atomic mass is 10.0. The lowest BCUT2D eigenvalue weighted by Gasteiger charge is -2.33. The molecule has 1 saturated heterocycles. The summed E-state index contributed by atoms with van der Waals surface area (Å²) in [6.07, 6.45) is 1.48. The van der Waals surface area contributed by atoms with Crippen LogP contribution in [0.15, 0.2) is 23.4 Å². The summed E-state index contributed by atoms with van der Waals surface area (Å²) in [5.41, 5.74) is 8.43. The highest BCUT2D eigenvalue weighted by Crippen LogP contribution is 2.25. The summed E-state index contributed by atoms with van der Waals surface area (Å²) in [5, 5.41) is 21.6. The summed E-state index contributed by atoms with van der Waals surface area (Å²) in [7, 11) is 0. The number of aryl methyl sites for hydroxylation is 1. The molecule has 18 heavy (non-hydrogen) atoms. The lowest BCUT2D eigenvalue weighted by molar-refractivity contribution is 0.154. The largest absolute Gasteiger partial charge is 0.409 e. The maximum atomic E-state index is 9.74. The minimum absolute atomic E-state index is 0.102. The van der Waals surface area contributed by atoms with E-state index in [0.717, 1.165) is 30.6 Å². The highest BCUT2D eigenvalue weighted by Gasteiger charge is 2.21. The van der Waals surface area contributed by atoms with Gasteiger partial charge in [-0.05, 0) is 37.5 Å². The molecular formula is C13H19N3O2. The fourth-order valence-corrected chi connectivity index (χ4v) is 2.35. The summed E-state index contributed by atoms with van der Waals surface area (Å²) in [6.45, 7) is 3.47. The van der Waals surface area contributed by atoms with Crippen LogP contribution >= 0.6 is 0 Å². The van der Waals surface area contributed by atoms with E-state index in [1.807, 2.05) is 25.1 Å². The first-order valence-corrected chi connectivity index (χ1v) is 6.13. The summed E-state index contributed by atoms with van der Waals surface area (Å²) in [6, 6.07) is 5.78. The van der Waals surface area contributed by atoms with E-state index in [2.05, 4.69) is 10.1 Å². The second kappa shape index (κ2) is 5.27. The van der Waals surface area contributed by atoms with E-state index < -0.39 is 0 Å². The number of rotatable bonds is 2. The molecule has 5 heteroatoms. The Bertz CT molecular complexity index is 460. The molecular weight excluding hydrogens is 230 g/mol. The standard InChI is InChI=1S/C13H19N3O2/c1-9-4-5-11(13(14)15-18)12(7-9)16-6-2-3-10(17)8-16/h4-5,7,10,17-18H,2-3,6,8H2,1H3,(H2,14,15). The molecule has 0 spiro atoms. The molecule has 0 aliphatic carbocycles. The van der Waals surface area contributed by atoms with Crippen molar-refractivity contribution in [1.29, 1.82) is 0 Å². The zero-order chi connectivity index (χ0) is 13.1. The van der Waals surface area contributed by atoms with Crippen LogP contribution in [0.3, 0.4) is 0 Å². The van der Waals surface area contributed by atoms with Crippen LogP contribution in [-0.2, 0) is 0 Å². The van der Waals surface area contributed by atoms with E-state index in [9.17, 15) is 5.11 Å². The molecule has 0 bridgehead atoms. The predicted molar refractivity (Wildman–Crippen MR) is 71.1 cm³/mol. The minimum atomic E-state index is -0.306. The Morgan fingerprint density at radius 2 is 2.28 bits per heavy atom. The maximum absolute atomic E-state index is 9.74. The van der Waals surface area contributed by atoms with Crippen molar-refractivity contribution in [2.45, 2.75) is 25.9 Å². The first-order chi connectivity index (χ1) is 8.61. The van der Waals surface area contributed by atoms with E-state index in [1.165, 1.54) is 0 Å². The van der Waals surface area contributed by atoms with Gasteiger partial charge in [0.15, 0.2) is 5.84 Å². The lowest BCUT2D eigenvalue weighted by Crippen LogP contribution is -2.39. The third-order valence-electron chi connectivity index (χ3n) is 3.27. The molecule has 1 fully saturated rings. The maximum Gasteiger partial charge on any atom is 0.172 e. The molecule has 0 saturated carbocycles. The van der Waals surface area contributed by atoms with Crippen molar-refractivity contribution in [1.82, 2.24) is 0 Å². The third-order valence-corrected chi connectivity index (χ3v) is 3.27. The Morgan fingerprint density at radius 3 is 2.94 bits per heavy atom. The Labute approximate surface area is 107 Å². The number of hydrogen-bond acceptors (Lipinski definition) is 4. The highest BCUT2D eigenvalue weighted by molar-refractivity contribution is 6.02. The summed E-state index contributed by atoms with van der Waals surface area (Å²) >= 11 is 0. The fourth-order valence-electron chi connectivity index (χ4n) is 2.35. The van der Waals surface area contributed by atoms with Crippen LogP contribution in [0.1, 0.15) is 24.0 Å². The number of amidine groups is 1. The van der Waals surface area contributed by atoms with Gasteiger partial charge in [0, 0.05) is 24.3 Å². The van der Waals surface area contributed by atoms with Gasteiger partial charge in [0.1, 0.15) is 0 Å². The Morgan fingerprint density at radius 1 is 1.50 bits per heavy atom. The second-order valence-electron chi connectivity index (χ2n) is 4.75. The van der Waals surface area contributed by atoms with Gasteiger partial charge in [0.2, 0.25) is 0 Å². The Balaban J connectivity index is 2.38. The molecule has 1 aromatic carbocycles. The third kappa shape index (κ3) is 2.56. The quantitative estimate of drug-likeness (QED) is 0.317. The molecule has 1 aromatic rings. The number of aliphatic hydroxyl groups excluding tert-OH is 1. The summed E-state index contributed by atoms with van der Waals surface area (Å²) in [4.78, 5) is 2.09. The van der Waals surface area contributed by atoms with E-state index in [1.54, 1.807) is 0 Å². The van der Waals surface area contributed by atoms with E-state index in [0.29, 0.717) is 12.1 Å². The van der Waals surface area contributed by atoms with Gasteiger partial charge in [-0.3, -0.25) is 0 Å². The normalized spacial score (nSPS) is 21.1. The number of oxime groups is 1. The van der Waals surface area contributed by atoms with Crippen LogP contribution in [-0.4, -0.2) is 35.3 Å². The van der Waals surface area contributed by atoms with Crippen molar-refractivity contribution in [2.75, 3.05) is 18.0 Å². The Kier molecular flexibility index (Phi) is 3.72. The van der Waals surface area contributed by atoms with Crippen molar-refractivity contribution in [2.24, 2.45) is 10.9 Å². The first kappa shape index (κ1) is 12.7. The van der Waals surface area contributed by atoms with Crippen LogP contribution in [0.25, 0.3) is 0 Å². The molecule has 0 amide bonds. The van der Waals surface area contributed by atoms with Crippen LogP contribution in [0.4, 0.5) is 5.69 Å². The van der Waals surface area contributed by atoms with Crippen LogP contribution < -0.4 is 10.6 Å². The number of piperidine rings is 1. The number of nitrogens with zero attached hydrogens (tertiary/aromatic N) is 2. The van der Waals surface area contributed by atoms with Gasteiger partial charge in [-0.1, -0.05) is 11.2 Å². The molecule has 0 aromatic heterocycles. The molecule has 98 valence electrons. The molecule has 1 aliphatic rings. The number of β-amino-alcohol motifs (C(OH)–C–C–N with tert-alkyl or cyclic N) is 1. The van der Waals surface area contributed by atoms with Crippen LogP contribution in [0.2, 0.25) is 0 Å². The fraction of sp³-hybridized carbons (Fsp3) is 0.462. The van der Waals surface area contributed by atoms with Gasteiger partial charge in [-0.2, -0.15) is 0 Å². The zero-order valence-corrected chi connectivity index (χ0v) is 10.5. The van der Waals surface area contributed by atoms with Crippen molar-refractivity contribution >= 4 is 11.5 Å². The molecule has 1 atom stereocenters. The van der Waals surface area contributed by atoms with Crippen LogP contribution in [0.5, 0.6) is 0 Å². The molecule has 4 N–H and O–H groups in total. The van der Waals surface area contributed by atoms with E-state index >= 15 is 0 Å². The van der Waals surface area contributed by atoms with Gasteiger partial charge in [0.05, 0.1) is 6.10 Å². The monoisotopic (exact) mass is 249 g/mol. The van der Waals surface area contributed by atoms with Crippen LogP contribution in [0, 0.1) is 6.92 Å².